The number of nitrogens with one attached hydrogen (secondary N) is 1. The van der Waals surface area contributed by atoms with Crippen molar-refractivity contribution in [3.05, 3.63) is 71.2 Å². The molecule has 0 bridgehead atoms. The van der Waals surface area contributed by atoms with Crippen molar-refractivity contribution in [2.24, 2.45) is 0 Å². The second-order valence-electron chi connectivity index (χ2n) is 7.58. The summed E-state index contributed by atoms with van der Waals surface area (Å²) in [5.41, 5.74) is 6.51. The minimum atomic E-state index is -3.38. The number of aryl methyl sites for hydroxylation is 1. The summed E-state index contributed by atoms with van der Waals surface area (Å²) in [7, 11) is -3.38. The van der Waals surface area contributed by atoms with Crippen molar-refractivity contribution in [3.8, 4) is 11.3 Å². The molecule has 1 aromatic carbocycles. The average Bonchev–Trinajstić information content (AvgIpc) is 3.09. The van der Waals surface area contributed by atoms with E-state index in [1.54, 1.807) is 12.4 Å². The van der Waals surface area contributed by atoms with Gasteiger partial charge in [-0.25, -0.2) is 13.1 Å². The lowest BCUT2D eigenvalue weighted by atomic mass is 9.94. The number of benzene rings is 1. The van der Waals surface area contributed by atoms with Crippen molar-refractivity contribution in [1.82, 2.24) is 19.5 Å². The molecule has 6 nitrogen and oxygen atoms in total. The molecule has 2 aromatic heterocycles. The Bertz CT molecular complexity index is 1070. The van der Waals surface area contributed by atoms with Crippen molar-refractivity contribution in [1.29, 1.82) is 0 Å². The number of rotatable bonds is 7. The fourth-order valence-corrected chi connectivity index (χ4v) is 4.99. The third-order valence-corrected chi connectivity index (χ3v) is 6.69. The van der Waals surface area contributed by atoms with Crippen LogP contribution in [-0.2, 0) is 35.2 Å². The van der Waals surface area contributed by atoms with E-state index in [-0.39, 0.29) is 5.75 Å². The number of nitrogens with zero attached hydrogens (tertiary/aromatic N) is 3. The van der Waals surface area contributed by atoms with Gasteiger partial charge in [-0.05, 0) is 50.3 Å². The minimum absolute atomic E-state index is 0.00718. The summed E-state index contributed by atoms with van der Waals surface area (Å²) in [5.74, 6) is -0.00718. The van der Waals surface area contributed by atoms with Gasteiger partial charge in [-0.15, -0.1) is 0 Å². The lowest BCUT2D eigenvalue weighted by molar-refractivity contribution is 0.538. The summed E-state index contributed by atoms with van der Waals surface area (Å²) >= 11 is 0. The van der Waals surface area contributed by atoms with Gasteiger partial charge in [0.2, 0.25) is 10.0 Å². The molecule has 0 amide bonds. The van der Waals surface area contributed by atoms with Gasteiger partial charge in [0.05, 0.1) is 18.0 Å². The van der Waals surface area contributed by atoms with Crippen LogP contribution in [0.5, 0.6) is 0 Å². The molecule has 0 saturated heterocycles. The van der Waals surface area contributed by atoms with Gasteiger partial charge in [-0.3, -0.25) is 9.67 Å². The average molecular weight is 411 g/mol. The Hall–Kier alpha value is -2.51. The van der Waals surface area contributed by atoms with Crippen LogP contribution in [0.2, 0.25) is 0 Å². The third-order valence-electron chi connectivity index (χ3n) is 5.33. The lowest BCUT2D eigenvalue weighted by Gasteiger charge is -2.14. The molecule has 0 saturated carbocycles. The first-order valence-corrected chi connectivity index (χ1v) is 11.7. The van der Waals surface area contributed by atoms with Crippen LogP contribution in [0, 0.1) is 6.92 Å². The smallest absolute Gasteiger partial charge is 0.215 e. The van der Waals surface area contributed by atoms with Crippen LogP contribution in [0.25, 0.3) is 11.3 Å². The van der Waals surface area contributed by atoms with Crippen LogP contribution >= 0.6 is 0 Å². The van der Waals surface area contributed by atoms with Gasteiger partial charge >= 0.3 is 0 Å². The molecule has 0 aliphatic heterocycles. The summed E-state index contributed by atoms with van der Waals surface area (Å²) in [5, 5.41) is 4.83. The Balaban J connectivity index is 1.46. The van der Waals surface area contributed by atoms with Gasteiger partial charge in [0, 0.05) is 35.8 Å². The SMILES string of the molecule is Cc1ccc(CS(=O)(=O)NCCn2nc(-c3ccncc3)c3c2CCCC3)cc1. The van der Waals surface area contributed by atoms with E-state index >= 15 is 0 Å². The highest BCUT2D eigenvalue weighted by molar-refractivity contribution is 7.88. The highest BCUT2D eigenvalue weighted by atomic mass is 32.2. The van der Waals surface area contributed by atoms with E-state index in [1.165, 1.54) is 17.7 Å². The monoisotopic (exact) mass is 410 g/mol. The molecular formula is C22H26N4O2S. The molecule has 2 heterocycles. The van der Waals surface area contributed by atoms with Gasteiger partial charge in [-0.2, -0.15) is 5.10 Å². The summed E-state index contributed by atoms with van der Waals surface area (Å²) in [6.07, 6.45) is 7.88. The molecule has 0 unspecified atom stereocenters. The van der Waals surface area contributed by atoms with Crippen molar-refractivity contribution in [2.45, 2.75) is 44.9 Å². The highest BCUT2D eigenvalue weighted by Gasteiger charge is 2.22. The predicted octanol–water partition coefficient (Wildman–Crippen LogP) is 3.25. The molecule has 152 valence electrons. The minimum Gasteiger partial charge on any atom is -0.267 e. The fraction of sp³-hybridized carbons (Fsp3) is 0.364. The molecule has 0 radical (unpaired) electrons. The van der Waals surface area contributed by atoms with E-state index in [0.717, 1.165) is 41.6 Å². The van der Waals surface area contributed by atoms with E-state index < -0.39 is 10.0 Å². The van der Waals surface area contributed by atoms with Gasteiger partial charge in [-0.1, -0.05) is 29.8 Å². The normalized spacial score (nSPS) is 14.0. The van der Waals surface area contributed by atoms with Crippen molar-refractivity contribution in [3.63, 3.8) is 0 Å². The second-order valence-corrected chi connectivity index (χ2v) is 9.39. The molecule has 1 aliphatic rings. The number of pyridine rings is 1. The van der Waals surface area contributed by atoms with E-state index in [0.29, 0.717) is 13.1 Å². The Kier molecular flexibility index (Phi) is 5.78. The first kappa shape index (κ1) is 19.8. The number of hydrogen-bond donors (Lipinski definition) is 1. The summed E-state index contributed by atoms with van der Waals surface area (Å²) < 4.78 is 29.6. The Morgan fingerprint density at radius 1 is 1.03 bits per heavy atom. The van der Waals surface area contributed by atoms with Crippen LogP contribution in [0.15, 0.2) is 48.8 Å². The topological polar surface area (TPSA) is 76.9 Å². The Morgan fingerprint density at radius 2 is 1.76 bits per heavy atom. The number of fused-ring (bicyclic) bond motifs is 1. The maximum atomic E-state index is 12.4. The van der Waals surface area contributed by atoms with E-state index in [2.05, 4.69) is 9.71 Å². The molecule has 1 aliphatic carbocycles. The zero-order valence-electron chi connectivity index (χ0n) is 16.6. The Morgan fingerprint density at radius 3 is 2.52 bits per heavy atom. The Labute approximate surface area is 172 Å². The van der Waals surface area contributed by atoms with Crippen molar-refractivity contribution < 1.29 is 8.42 Å². The van der Waals surface area contributed by atoms with Crippen LogP contribution in [0.1, 0.15) is 35.2 Å². The maximum absolute atomic E-state index is 12.4. The molecule has 1 N–H and O–H groups in total. The molecule has 0 spiro atoms. The van der Waals surface area contributed by atoms with Gasteiger partial charge in [0.25, 0.3) is 0 Å². The van der Waals surface area contributed by atoms with Crippen LogP contribution < -0.4 is 4.72 Å². The van der Waals surface area contributed by atoms with Gasteiger partial charge in [0.15, 0.2) is 0 Å². The first-order valence-electron chi connectivity index (χ1n) is 10.0. The van der Waals surface area contributed by atoms with Crippen molar-refractivity contribution >= 4 is 10.0 Å². The zero-order chi connectivity index (χ0) is 20.3. The summed E-state index contributed by atoms with van der Waals surface area (Å²) in [4.78, 5) is 4.09. The van der Waals surface area contributed by atoms with Gasteiger partial charge in [0.1, 0.15) is 0 Å². The highest BCUT2D eigenvalue weighted by Crippen LogP contribution is 2.30. The number of hydrogen-bond acceptors (Lipinski definition) is 4. The largest absolute Gasteiger partial charge is 0.267 e. The summed E-state index contributed by atoms with van der Waals surface area (Å²) in [6, 6.07) is 11.5. The second kappa shape index (κ2) is 8.47. The predicted molar refractivity (Wildman–Crippen MR) is 114 cm³/mol. The zero-order valence-corrected chi connectivity index (χ0v) is 17.5. The molecule has 0 fully saturated rings. The molecular weight excluding hydrogens is 384 g/mol. The van der Waals surface area contributed by atoms with E-state index in [1.807, 2.05) is 48.0 Å². The molecule has 4 rings (SSSR count). The molecule has 7 heteroatoms. The van der Waals surface area contributed by atoms with Gasteiger partial charge < -0.3 is 0 Å². The van der Waals surface area contributed by atoms with Crippen LogP contribution in [0.4, 0.5) is 0 Å². The maximum Gasteiger partial charge on any atom is 0.215 e. The fourth-order valence-electron chi connectivity index (χ4n) is 3.86. The van der Waals surface area contributed by atoms with Crippen molar-refractivity contribution in [2.75, 3.05) is 6.54 Å². The summed E-state index contributed by atoms with van der Waals surface area (Å²) in [6.45, 7) is 2.85. The molecule has 0 atom stereocenters. The number of aromatic nitrogens is 3. The standard InChI is InChI=1S/C22H26N4O2S/c1-17-6-8-18(9-7-17)16-29(27,28)24-14-15-26-21-5-3-2-4-20(21)22(25-26)19-10-12-23-13-11-19/h6-13,24H,2-5,14-16H2,1H3. The van der Waals surface area contributed by atoms with Crippen LogP contribution in [0.3, 0.4) is 0 Å². The van der Waals surface area contributed by atoms with E-state index in [4.69, 9.17) is 5.10 Å². The first-order chi connectivity index (χ1) is 14.0. The lowest BCUT2D eigenvalue weighted by Crippen LogP contribution is -2.29. The number of sulfonamides is 1. The quantitative estimate of drug-likeness (QED) is 0.649. The van der Waals surface area contributed by atoms with E-state index in [9.17, 15) is 8.42 Å². The molecule has 29 heavy (non-hydrogen) atoms. The third kappa shape index (κ3) is 4.74. The molecule has 3 aromatic rings. The van der Waals surface area contributed by atoms with Crippen LogP contribution in [-0.4, -0.2) is 29.7 Å².